The van der Waals surface area contributed by atoms with Crippen LogP contribution in [0, 0.1) is 0 Å². The number of aryl methyl sites for hydroxylation is 2. The predicted octanol–water partition coefficient (Wildman–Crippen LogP) is 0.981. The van der Waals surface area contributed by atoms with E-state index in [-0.39, 0.29) is 41.4 Å². The molecule has 0 saturated carbocycles. The Balaban J connectivity index is 1.83. The highest BCUT2D eigenvalue weighted by Gasteiger charge is 2.24. The Labute approximate surface area is 192 Å². The van der Waals surface area contributed by atoms with Gasteiger partial charge in [-0.2, -0.15) is 4.98 Å². The minimum absolute atomic E-state index is 0.0259. The summed E-state index contributed by atoms with van der Waals surface area (Å²) in [6.07, 6.45) is 2.29. The van der Waals surface area contributed by atoms with E-state index in [1.165, 1.54) is 27.6 Å². The summed E-state index contributed by atoms with van der Waals surface area (Å²) in [6.45, 7) is 0.178. The fraction of sp³-hybridized carbons (Fsp3) is 0.208. The number of rotatable bonds is 5. The Morgan fingerprint density at radius 1 is 0.882 bits per heavy atom. The van der Waals surface area contributed by atoms with Gasteiger partial charge in [0.1, 0.15) is 0 Å². The number of imidazole rings is 1. The van der Waals surface area contributed by atoms with Gasteiger partial charge in [-0.15, -0.1) is 0 Å². The molecular formula is C24H22N6O4. The number of pyridine rings is 1. The van der Waals surface area contributed by atoms with Gasteiger partial charge in [-0.3, -0.25) is 28.3 Å². The average molecular weight is 458 g/mol. The summed E-state index contributed by atoms with van der Waals surface area (Å²) in [5, 5.41) is 11.2. The Morgan fingerprint density at radius 2 is 1.62 bits per heavy atom. The second-order valence-electron chi connectivity index (χ2n) is 8.13. The molecule has 172 valence electrons. The molecule has 1 aromatic carbocycles. The summed E-state index contributed by atoms with van der Waals surface area (Å²) < 4.78 is 4.88. The van der Waals surface area contributed by atoms with Crippen molar-refractivity contribution in [3.05, 3.63) is 103 Å². The zero-order valence-corrected chi connectivity index (χ0v) is 18.7. The van der Waals surface area contributed by atoms with Crippen LogP contribution in [0.15, 0.2) is 69.1 Å². The van der Waals surface area contributed by atoms with Crippen molar-refractivity contribution < 1.29 is 5.11 Å². The van der Waals surface area contributed by atoms with Crippen LogP contribution in [0.5, 0.6) is 5.88 Å². The van der Waals surface area contributed by atoms with E-state index in [1.807, 2.05) is 42.5 Å². The van der Waals surface area contributed by atoms with Gasteiger partial charge in [-0.05, 0) is 30.5 Å². The van der Waals surface area contributed by atoms with Crippen LogP contribution in [0.1, 0.15) is 16.8 Å². The van der Waals surface area contributed by atoms with Crippen molar-refractivity contribution in [3.63, 3.8) is 0 Å². The van der Waals surface area contributed by atoms with Crippen molar-refractivity contribution in [1.29, 1.82) is 0 Å². The second-order valence-corrected chi connectivity index (χ2v) is 8.13. The van der Waals surface area contributed by atoms with E-state index in [9.17, 15) is 19.5 Å². The van der Waals surface area contributed by atoms with Crippen molar-refractivity contribution in [2.45, 2.75) is 19.4 Å². The largest absolute Gasteiger partial charge is 0.494 e. The summed E-state index contributed by atoms with van der Waals surface area (Å²) >= 11 is 0. The number of hydrogen-bond acceptors (Lipinski definition) is 6. The summed E-state index contributed by atoms with van der Waals surface area (Å²) in [5.41, 5.74) is 0.302. The number of aromatic nitrogens is 6. The van der Waals surface area contributed by atoms with Gasteiger partial charge in [0.15, 0.2) is 11.2 Å². The zero-order chi connectivity index (χ0) is 24.0. The number of fused-ring (bicyclic) bond motifs is 3. The molecule has 0 amide bonds. The summed E-state index contributed by atoms with van der Waals surface area (Å²) in [4.78, 5) is 47.9. The maximum Gasteiger partial charge on any atom is 0.332 e. The molecular weight excluding hydrogens is 436 g/mol. The first kappa shape index (κ1) is 21.4. The minimum atomic E-state index is -0.610. The summed E-state index contributed by atoms with van der Waals surface area (Å²) in [5.74, 6) is -0.278. The van der Waals surface area contributed by atoms with Crippen LogP contribution in [0.4, 0.5) is 0 Å². The van der Waals surface area contributed by atoms with Crippen LogP contribution in [-0.2, 0) is 33.5 Å². The molecule has 10 heteroatoms. The molecule has 4 heterocycles. The highest BCUT2D eigenvalue weighted by molar-refractivity contribution is 5.76. The predicted molar refractivity (Wildman–Crippen MR) is 126 cm³/mol. The quantitative estimate of drug-likeness (QED) is 0.420. The molecule has 0 spiro atoms. The minimum Gasteiger partial charge on any atom is -0.494 e. The molecule has 5 aromatic rings. The Kier molecular flexibility index (Phi) is 5.12. The van der Waals surface area contributed by atoms with Gasteiger partial charge in [-0.1, -0.05) is 36.4 Å². The van der Waals surface area contributed by atoms with Gasteiger partial charge in [0.25, 0.3) is 11.1 Å². The number of aromatic hydroxyl groups is 1. The lowest BCUT2D eigenvalue weighted by Crippen LogP contribution is -2.37. The van der Waals surface area contributed by atoms with Gasteiger partial charge < -0.3 is 5.11 Å². The molecule has 0 saturated heterocycles. The maximum atomic E-state index is 13.6. The topological polar surface area (TPSA) is 116 Å². The molecule has 0 aliphatic heterocycles. The van der Waals surface area contributed by atoms with Crippen LogP contribution in [-0.4, -0.2) is 33.2 Å². The maximum absolute atomic E-state index is 13.6. The van der Waals surface area contributed by atoms with Gasteiger partial charge in [0, 0.05) is 26.0 Å². The van der Waals surface area contributed by atoms with Crippen molar-refractivity contribution >= 4 is 16.9 Å². The number of nitrogens with zero attached hydrogens (tertiary/aromatic N) is 6. The smallest absolute Gasteiger partial charge is 0.332 e. The van der Waals surface area contributed by atoms with Crippen LogP contribution in [0.25, 0.3) is 16.9 Å². The first-order valence-corrected chi connectivity index (χ1v) is 10.7. The second kappa shape index (κ2) is 8.14. The molecule has 1 N–H and O–H groups in total. The van der Waals surface area contributed by atoms with Crippen molar-refractivity contribution in [2.24, 2.45) is 14.1 Å². The molecule has 10 nitrogen and oxygen atoms in total. The van der Waals surface area contributed by atoms with Crippen molar-refractivity contribution in [1.82, 2.24) is 28.1 Å². The molecule has 0 radical (unpaired) electrons. The molecule has 34 heavy (non-hydrogen) atoms. The third-order valence-electron chi connectivity index (χ3n) is 6.01. The van der Waals surface area contributed by atoms with Crippen LogP contribution >= 0.6 is 0 Å². The van der Waals surface area contributed by atoms with E-state index in [4.69, 9.17) is 0 Å². The number of benzene rings is 1. The first-order chi connectivity index (χ1) is 16.4. The lowest BCUT2D eigenvalue weighted by molar-refractivity contribution is 0.433. The third kappa shape index (κ3) is 3.31. The molecule has 0 atom stereocenters. The molecule has 0 unspecified atom stereocenters. The van der Waals surface area contributed by atoms with Crippen LogP contribution < -0.4 is 16.8 Å². The van der Waals surface area contributed by atoms with E-state index in [0.717, 1.165) is 15.8 Å². The Morgan fingerprint density at radius 3 is 2.32 bits per heavy atom. The van der Waals surface area contributed by atoms with Crippen LogP contribution in [0.2, 0.25) is 0 Å². The fourth-order valence-electron chi connectivity index (χ4n) is 4.18. The summed E-state index contributed by atoms with van der Waals surface area (Å²) in [7, 11) is 2.86. The average Bonchev–Trinajstić information content (AvgIpc) is 3.26. The first-order valence-electron chi connectivity index (χ1n) is 10.7. The molecule has 0 aliphatic carbocycles. The molecule has 5 rings (SSSR count). The van der Waals surface area contributed by atoms with Gasteiger partial charge in [-0.25, -0.2) is 9.20 Å². The van der Waals surface area contributed by atoms with Gasteiger partial charge in [0.2, 0.25) is 11.7 Å². The fourth-order valence-corrected chi connectivity index (χ4v) is 4.18. The Bertz CT molecular complexity index is 1710. The van der Waals surface area contributed by atoms with Gasteiger partial charge in [0.05, 0.1) is 12.1 Å². The van der Waals surface area contributed by atoms with Crippen LogP contribution in [0.3, 0.4) is 0 Å². The highest BCUT2D eigenvalue weighted by Crippen LogP contribution is 2.22. The molecule has 4 aromatic heterocycles. The summed E-state index contributed by atoms with van der Waals surface area (Å²) in [6, 6.07) is 14.9. The number of hydrogen-bond donors (Lipinski definition) is 1. The van der Waals surface area contributed by atoms with Crippen molar-refractivity contribution in [3.8, 4) is 5.88 Å². The normalized spacial score (nSPS) is 11.5. The third-order valence-corrected chi connectivity index (χ3v) is 6.01. The zero-order valence-electron chi connectivity index (χ0n) is 18.7. The SMILES string of the molecule is Cn1c(=O)c2c(nc3n(Cc4ccccc4)c(=O)c(CCc4ccccn4)c(O)n23)n(C)c1=O. The lowest BCUT2D eigenvalue weighted by Gasteiger charge is -2.13. The van der Waals surface area contributed by atoms with E-state index < -0.39 is 16.8 Å². The van der Waals surface area contributed by atoms with E-state index >= 15 is 0 Å². The van der Waals surface area contributed by atoms with E-state index in [0.29, 0.717) is 6.42 Å². The standard InChI is InChI=1S/C24H22N6O4/c1-27-19-18(22(33)28(2)24(27)34)30-21(32)17(12-11-16-10-6-7-13-25-16)20(31)29(23(30)26-19)14-15-8-4-3-5-9-15/h3-10,13,32H,11-12,14H2,1-2H3. The van der Waals surface area contributed by atoms with E-state index in [1.54, 1.807) is 12.3 Å². The van der Waals surface area contributed by atoms with Gasteiger partial charge >= 0.3 is 5.69 Å². The van der Waals surface area contributed by atoms with Crippen molar-refractivity contribution in [2.75, 3.05) is 0 Å². The molecule has 0 aliphatic rings. The lowest BCUT2D eigenvalue weighted by atomic mass is 10.1. The van der Waals surface area contributed by atoms with E-state index in [2.05, 4.69) is 9.97 Å². The molecule has 0 fully saturated rings. The monoisotopic (exact) mass is 458 g/mol. The highest BCUT2D eigenvalue weighted by atomic mass is 16.3. The Hall–Kier alpha value is -4.47. The molecule has 0 bridgehead atoms.